The van der Waals surface area contributed by atoms with Gasteiger partial charge in [-0.3, -0.25) is 10.1 Å². The van der Waals surface area contributed by atoms with Crippen molar-refractivity contribution in [3.63, 3.8) is 0 Å². The van der Waals surface area contributed by atoms with Gasteiger partial charge in [-0.1, -0.05) is 17.2 Å². The first-order valence-electron chi connectivity index (χ1n) is 7.61. The molecule has 0 fully saturated rings. The summed E-state index contributed by atoms with van der Waals surface area (Å²) in [7, 11) is 0. The van der Waals surface area contributed by atoms with Crippen molar-refractivity contribution in [2.75, 3.05) is 18.2 Å². The third-order valence-corrected chi connectivity index (χ3v) is 4.11. The lowest BCUT2D eigenvalue weighted by Crippen LogP contribution is -2.20. The molecular formula is C18H17N3O3S. The van der Waals surface area contributed by atoms with Gasteiger partial charge < -0.3 is 9.15 Å². The molecule has 6 nitrogen and oxygen atoms in total. The van der Waals surface area contributed by atoms with Crippen molar-refractivity contribution in [2.45, 2.75) is 11.8 Å². The van der Waals surface area contributed by atoms with Gasteiger partial charge in [0, 0.05) is 10.5 Å². The zero-order valence-electron chi connectivity index (χ0n) is 13.9. The minimum Gasteiger partial charge on any atom is -0.484 e. The molecule has 0 radical (unpaired) electrons. The summed E-state index contributed by atoms with van der Waals surface area (Å²) in [4.78, 5) is 13.1. The topological polar surface area (TPSA) is 77.2 Å². The Balaban J connectivity index is 1.57. The maximum Gasteiger partial charge on any atom is 0.322 e. The second-order valence-corrected chi connectivity index (χ2v) is 6.17. The molecule has 0 unspecified atom stereocenters. The number of carbonyl (C=O) groups is 1. The van der Waals surface area contributed by atoms with Gasteiger partial charge >= 0.3 is 6.01 Å². The van der Waals surface area contributed by atoms with Gasteiger partial charge in [0.1, 0.15) is 5.75 Å². The Morgan fingerprint density at radius 1 is 1.20 bits per heavy atom. The SMILES string of the molecule is CSc1ccc(-c2nnc(NC(=O)COc3cccc(C)c3)o2)cc1. The highest BCUT2D eigenvalue weighted by Gasteiger charge is 2.12. The highest BCUT2D eigenvalue weighted by atomic mass is 32.2. The summed E-state index contributed by atoms with van der Waals surface area (Å²) in [5.41, 5.74) is 1.86. The van der Waals surface area contributed by atoms with E-state index in [1.54, 1.807) is 17.8 Å². The minimum absolute atomic E-state index is 0.0433. The summed E-state index contributed by atoms with van der Waals surface area (Å²) < 4.78 is 10.9. The molecule has 2 aromatic carbocycles. The third kappa shape index (κ3) is 4.60. The predicted octanol–water partition coefficient (Wildman–Crippen LogP) is 3.78. The van der Waals surface area contributed by atoms with Gasteiger partial charge in [0.05, 0.1) is 0 Å². The number of rotatable bonds is 6. The number of carbonyl (C=O) groups excluding carboxylic acids is 1. The number of anilines is 1. The number of nitrogens with one attached hydrogen (secondary N) is 1. The van der Waals surface area contributed by atoms with Crippen LogP contribution in [0.1, 0.15) is 5.56 Å². The van der Waals surface area contributed by atoms with E-state index >= 15 is 0 Å². The van der Waals surface area contributed by atoms with Crippen LogP contribution in [0.15, 0.2) is 57.8 Å². The van der Waals surface area contributed by atoms with Crippen molar-refractivity contribution in [3.8, 4) is 17.2 Å². The number of thioether (sulfide) groups is 1. The Hall–Kier alpha value is -2.80. The zero-order valence-corrected chi connectivity index (χ0v) is 14.7. The molecular weight excluding hydrogens is 338 g/mol. The molecule has 1 heterocycles. The normalized spacial score (nSPS) is 10.5. The molecule has 3 aromatic rings. The molecule has 1 amide bonds. The summed E-state index contributed by atoms with van der Waals surface area (Å²) in [5, 5.41) is 10.3. The number of benzene rings is 2. The molecule has 0 saturated heterocycles. The van der Waals surface area contributed by atoms with E-state index < -0.39 is 0 Å². The van der Waals surface area contributed by atoms with Crippen molar-refractivity contribution < 1.29 is 13.9 Å². The molecule has 0 saturated carbocycles. The number of hydrogen-bond acceptors (Lipinski definition) is 6. The van der Waals surface area contributed by atoms with Crippen molar-refractivity contribution in [1.29, 1.82) is 0 Å². The van der Waals surface area contributed by atoms with E-state index in [9.17, 15) is 4.79 Å². The Morgan fingerprint density at radius 2 is 2.00 bits per heavy atom. The van der Waals surface area contributed by atoms with Gasteiger partial charge in [-0.2, -0.15) is 0 Å². The smallest absolute Gasteiger partial charge is 0.322 e. The van der Waals surface area contributed by atoms with Crippen LogP contribution in [-0.4, -0.2) is 29.0 Å². The van der Waals surface area contributed by atoms with Crippen LogP contribution < -0.4 is 10.1 Å². The van der Waals surface area contributed by atoms with Crippen LogP contribution in [0.4, 0.5) is 6.01 Å². The van der Waals surface area contributed by atoms with E-state index in [4.69, 9.17) is 9.15 Å². The number of hydrogen-bond donors (Lipinski definition) is 1. The Labute approximate surface area is 149 Å². The van der Waals surface area contributed by atoms with Crippen molar-refractivity contribution >= 4 is 23.7 Å². The monoisotopic (exact) mass is 355 g/mol. The average molecular weight is 355 g/mol. The molecule has 0 spiro atoms. The molecule has 128 valence electrons. The number of aryl methyl sites for hydroxylation is 1. The summed E-state index contributed by atoms with van der Waals surface area (Å²) in [6.07, 6.45) is 2.01. The minimum atomic E-state index is -0.366. The second-order valence-electron chi connectivity index (χ2n) is 5.29. The van der Waals surface area contributed by atoms with Gasteiger partial charge in [-0.25, -0.2) is 0 Å². The van der Waals surface area contributed by atoms with Crippen LogP contribution in [0.3, 0.4) is 0 Å². The number of ether oxygens (including phenoxy) is 1. The van der Waals surface area contributed by atoms with Crippen LogP contribution in [0.25, 0.3) is 11.5 Å². The van der Waals surface area contributed by atoms with Gasteiger partial charge in [0.25, 0.3) is 5.91 Å². The summed E-state index contributed by atoms with van der Waals surface area (Å²) in [6, 6.07) is 15.3. The first-order valence-corrected chi connectivity index (χ1v) is 8.84. The number of amides is 1. The summed E-state index contributed by atoms with van der Waals surface area (Å²) in [5.74, 6) is 0.618. The van der Waals surface area contributed by atoms with Crippen LogP contribution in [-0.2, 0) is 4.79 Å². The van der Waals surface area contributed by atoms with E-state index in [1.807, 2.05) is 55.6 Å². The van der Waals surface area contributed by atoms with E-state index in [-0.39, 0.29) is 18.5 Å². The lowest BCUT2D eigenvalue weighted by atomic mass is 10.2. The Morgan fingerprint density at radius 3 is 2.72 bits per heavy atom. The van der Waals surface area contributed by atoms with Gasteiger partial charge in [0.2, 0.25) is 5.89 Å². The lowest BCUT2D eigenvalue weighted by Gasteiger charge is -2.05. The molecule has 0 bridgehead atoms. The number of nitrogens with zero attached hydrogens (tertiary/aromatic N) is 2. The van der Waals surface area contributed by atoms with Crippen molar-refractivity contribution in [2.24, 2.45) is 0 Å². The first kappa shape index (κ1) is 17.0. The fraction of sp³-hybridized carbons (Fsp3) is 0.167. The van der Waals surface area contributed by atoms with Crippen molar-refractivity contribution in [3.05, 3.63) is 54.1 Å². The van der Waals surface area contributed by atoms with Gasteiger partial charge in [-0.05, 0) is 55.1 Å². The molecule has 0 aliphatic rings. The standard InChI is InChI=1S/C18H17N3O3S/c1-12-4-3-5-14(10-12)23-11-16(22)19-18-21-20-17(24-18)13-6-8-15(25-2)9-7-13/h3-10H,11H2,1-2H3,(H,19,21,22). The van der Waals surface area contributed by atoms with E-state index in [0.29, 0.717) is 11.6 Å². The Bertz CT molecular complexity index is 862. The van der Waals surface area contributed by atoms with Gasteiger partial charge in [0.15, 0.2) is 6.61 Å². The zero-order chi connectivity index (χ0) is 17.6. The predicted molar refractivity (Wildman–Crippen MR) is 96.8 cm³/mol. The van der Waals surface area contributed by atoms with Crippen LogP contribution in [0, 0.1) is 6.92 Å². The largest absolute Gasteiger partial charge is 0.484 e. The maximum absolute atomic E-state index is 11.9. The average Bonchev–Trinajstić information content (AvgIpc) is 3.08. The molecule has 3 rings (SSSR count). The fourth-order valence-electron chi connectivity index (χ4n) is 2.13. The molecule has 1 N–H and O–H groups in total. The maximum atomic E-state index is 11.9. The third-order valence-electron chi connectivity index (χ3n) is 3.37. The molecule has 7 heteroatoms. The van der Waals surface area contributed by atoms with E-state index in [2.05, 4.69) is 15.5 Å². The molecule has 25 heavy (non-hydrogen) atoms. The summed E-state index contributed by atoms with van der Waals surface area (Å²) >= 11 is 1.65. The lowest BCUT2D eigenvalue weighted by molar-refractivity contribution is -0.118. The summed E-state index contributed by atoms with van der Waals surface area (Å²) in [6.45, 7) is 1.82. The highest BCUT2D eigenvalue weighted by molar-refractivity contribution is 7.98. The fourth-order valence-corrected chi connectivity index (χ4v) is 2.54. The quantitative estimate of drug-likeness (QED) is 0.678. The first-order chi connectivity index (χ1) is 12.1. The highest BCUT2D eigenvalue weighted by Crippen LogP contribution is 2.23. The van der Waals surface area contributed by atoms with Gasteiger partial charge in [-0.15, -0.1) is 16.9 Å². The number of aromatic nitrogens is 2. The molecule has 1 aromatic heterocycles. The van der Waals surface area contributed by atoms with Crippen molar-refractivity contribution in [1.82, 2.24) is 10.2 Å². The van der Waals surface area contributed by atoms with Crippen LogP contribution >= 0.6 is 11.8 Å². The second kappa shape index (κ2) is 7.85. The molecule has 0 aliphatic carbocycles. The van der Waals surface area contributed by atoms with E-state index in [0.717, 1.165) is 16.0 Å². The molecule has 0 aliphatic heterocycles. The Kier molecular flexibility index (Phi) is 5.35. The molecule has 0 atom stereocenters. The van der Waals surface area contributed by atoms with Crippen LogP contribution in [0.2, 0.25) is 0 Å². The van der Waals surface area contributed by atoms with Crippen LogP contribution in [0.5, 0.6) is 5.75 Å². The van der Waals surface area contributed by atoms with E-state index in [1.165, 1.54) is 0 Å².